The van der Waals surface area contributed by atoms with Gasteiger partial charge in [0.05, 0.1) is 30.4 Å². The summed E-state index contributed by atoms with van der Waals surface area (Å²) in [5, 5.41) is 23.6. The van der Waals surface area contributed by atoms with Gasteiger partial charge in [-0.3, -0.25) is 19.8 Å². The highest BCUT2D eigenvalue weighted by molar-refractivity contribution is 7.99. The van der Waals surface area contributed by atoms with Crippen molar-refractivity contribution in [1.82, 2.24) is 19.7 Å². The molecule has 11 heteroatoms. The minimum absolute atomic E-state index is 0.0876. The number of amides is 1. The van der Waals surface area contributed by atoms with Gasteiger partial charge in [0.2, 0.25) is 5.91 Å². The average molecular weight is 499 g/mol. The highest BCUT2D eigenvalue weighted by Crippen LogP contribution is 2.33. The molecule has 3 rings (SSSR count). The highest BCUT2D eigenvalue weighted by atomic mass is 32.2. The number of carbonyl (C=O) groups excluding carboxylic acids is 1. The molecule has 186 valence electrons. The van der Waals surface area contributed by atoms with Crippen LogP contribution in [0.2, 0.25) is 0 Å². The molecule has 3 aromatic rings. The normalized spacial score (nSPS) is 11.9. The first-order chi connectivity index (χ1) is 16.7. The fraction of sp³-hybridized carbons (Fsp3) is 0.375. The highest BCUT2D eigenvalue weighted by Gasteiger charge is 2.23. The summed E-state index contributed by atoms with van der Waals surface area (Å²) < 4.78 is 7.17. The van der Waals surface area contributed by atoms with Crippen LogP contribution in [0.15, 0.2) is 47.6 Å². The number of anilines is 1. The molecule has 0 radical (unpaired) electrons. The number of thioether (sulfide) groups is 1. The van der Waals surface area contributed by atoms with Gasteiger partial charge in [0.25, 0.3) is 0 Å². The van der Waals surface area contributed by atoms with Gasteiger partial charge in [-0.15, -0.1) is 10.2 Å². The van der Waals surface area contributed by atoms with Crippen molar-refractivity contribution in [2.24, 2.45) is 0 Å². The first kappa shape index (κ1) is 26.2. The van der Waals surface area contributed by atoms with E-state index < -0.39 is 4.92 Å². The molecule has 0 aliphatic carbocycles. The van der Waals surface area contributed by atoms with Gasteiger partial charge in [-0.25, -0.2) is 0 Å². The summed E-state index contributed by atoms with van der Waals surface area (Å²) in [6, 6.07) is 13.0. The number of carbonyl (C=O) groups is 1. The van der Waals surface area contributed by atoms with Gasteiger partial charge in [-0.05, 0) is 38.6 Å². The lowest BCUT2D eigenvalue weighted by Crippen LogP contribution is -2.23. The number of hydrogen-bond acceptors (Lipinski definition) is 8. The van der Waals surface area contributed by atoms with Crippen LogP contribution in [0.4, 0.5) is 11.4 Å². The molecule has 1 aromatic heterocycles. The summed E-state index contributed by atoms with van der Waals surface area (Å²) in [5.41, 5.74) is 2.00. The Kier molecular flexibility index (Phi) is 8.83. The second kappa shape index (κ2) is 11.8. The van der Waals surface area contributed by atoms with Crippen molar-refractivity contribution in [1.29, 1.82) is 0 Å². The van der Waals surface area contributed by atoms with Crippen LogP contribution in [-0.4, -0.2) is 57.5 Å². The van der Waals surface area contributed by atoms with Gasteiger partial charge in [0.15, 0.2) is 16.7 Å². The van der Waals surface area contributed by atoms with Gasteiger partial charge < -0.3 is 14.6 Å². The molecule has 0 aliphatic rings. The Morgan fingerprint density at radius 3 is 2.57 bits per heavy atom. The number of hydrogen-bond donors (Lipinski definition) is 1. The maximum absolute atomic E-state index is 12.8. The van der Waals surface area contributed by atoms with E-state index in [0.717, 1.165) is 17.8 Å². The number of nitrogens with one attached hydrogen (secondary N) is 1. The number of benzene rings is 2. The van der Waals surface area contributed by atoms with Crippen molar-refractivity contribution in [2.75, 3.05) is 32.3 Å². The van der Waals surface area contributed by atoms with Gasteiger partial charge in [-0.2, -0.15) is 0 Å². The predicted octanol–water partition coefficient (Wildman–Crippen LogP) is 4.30. The third-order valence-corrected chi connectivity index (χ3v) is 6.53. The molecule has 1 heterocycles. The molecule has 1 amide bonds. The molecular weight excluding hydrogens is 468 g/mol. The Labute approximate surface area is 208 Å². The fourth-order valence-corrected chi connectivity index (χ4v) is 4.52. The van der Waals surface area contributed by atoms with E-state index in [1.807, 2.05) is 44.4 Å². The molecule has 0 saturated carbocycles. The molecule has 0 saturated heterocycles. The Bertz CT molecular complexity index is 1180. The Morgan fingerprint density at radius 2 is 1.97 bits per heavy atom. The zero-order valence-electron chi connectivity index (χ0n) is 20.5. The molecule has 0 spiro atoms. The smallest absolute Gasteiger partial charge is 0.311 e. The Hall–Kier alpha value is -3.44. The van der Waals surface area contributed by atoms with E-state index in [1.54, 1.807) is 6.92 Å². The number of nitrogens with zero attached hydrogens (tertiary/aromatic N) is 5. The molecule has 0 aliphatic heterocycles. The molecule has 1 atom stereocenters. The first-order valence-corrected chi connectivity index (χ1v) is 12.1. The van der Waals surface area contributed by atoms with Crippen LogP contribution in [0.5, 0.6) is 5.75 Å². The second-order valence-corrected chi connectivity index (χ2v) is 9.18. The van der Waals surface area contributed by atoms with Crippen molar-refractivity contribution in [3.05, 3.63) is 69.5 Å². The van der Waals surface area contributed by atoms with Crippen molar-refractivity contribution in [3.63, 3.8) is 0 Å². The van der Waals surface area contributed by atoms with Crippen LogP contribution in [0, 0.1) is 17.0 Å². The van der Waals surface area contributed by atoms with Crippen molar-refractivity contribution >= 4 is 29.0 Å². The first-order valence-electron chi connectivity index (χ1n) is 11.1. The summed E-state index contributed by atoms with van der Waals surface area (Å²) in [6.45, 7) is 4.40. The van der Waals surface area contributed by atoms with Crippen molar-refractivity contribution in [2.45, 2.75) is 38.0 Å². The van der Waals surface area contributed by atoms with Crippen LogP contribution < -0.4 is 10.1 Å². The number of nitro benzene ring substituents is 1. The Morgan fingerprint density at radius 1 is 1.26 bits per heavy atom. The average Bonchev–Trinajstić information content (AvgIpc) is 3.21. The number of nitro groups is 1. The molecule has 10 nitrogen and oxygen atoms in total. The summed E-state index contributed by atoms with van der Waals surface area (Å²) in [7, 11) is 5.38. The number of rotatable bonds is 11. The van der Waals surface area contributed by atoms with Crippen LogP contribution in [0.3, 0.4) is 0 Å². The van der Waals surface area contributed by atoms with E-state index in [9.17, 15) is 14.9 Å². The van der Waals surface area contributed by atoms with Crippen LogP contribution >= 0.6 is 11.8 Å². The number of methoxy groups -OCH3 is 1. The predicted molar refractivity (Wildman–Crippen MR) is 136 cm³/mol. The van der Waals surface area contributed by atoms with Crippen LogP contribution in [0.1, 0.15) is 36.3 Å². The van der Waals surface area contributed by atoms with Crippen molar-refractivity contribution in [3.8, 4) is 5.75 Å². The second-order valence-electron chi connectivity index (χ2n) is 8.23. The largest absolute Gasteiger partial charge is 0.490 e. The van der Waals surface area contributed by atoms with Gasteiger partial charge >= 0.3 is 5.69 Å². The number of aromatic nitrogens is 3. The molecule has 1 N–H and O–H groups in total. The van der Waals surface area contributed by atoms with Gasteiger partial charge in [-0.1, -0.05) is 49.0 Å². The minimum atomic E-state index is -0.512. The lowest BCUT2D eigenvalue weighted by atomic mass is 10.1. The summed E-state index contributed by atoms with van der Waals surface area (Å²) in [4.78, 5) is 25.6. The van der Waals surface area contributed by atoms with Crippen molar-refractivity contribution < 1.29 is 14.5 Å². The maximum atomic E-state index is 12.8. The molecule has 0 unspecified atom stereocenters. The maximum Gasteiger partial charge on any atom is 0.311 e. The quantitative estimate of drug-likeness (QED) is 0.236. The van der Waals surface area contributed by atoms with Gasteiger partial charge in [0.1, 0.15) is 0 Å². The van der Waals surface area contributed by atoms with E-state index in [-0.39, 0.29) is 29.1 Å². The SMILES string of the molecule is CC[C@@H](c1nnc(SCC(=O)Nc2cc(OC)c([N+](=O)[O-])cc2C)n1Cc1ccccc1)N(C)C. The van der Waals surface area contributed by atoms with Gasteiger partial charge in [0, 0.05) is 17.8 Å². The third-order valence-electron chi connectivity index (χ3n) is 5.57. The van der Waals surface area contributed by atoms with Crippen LogP contribution in [-0.2, 0) is 11.3 Å². The number of ether oxygens (including phenoxy) is 1. The van der Waals surface area contributed by atoms with E-state index in [2.05, 4.69) is 31.9 Å². The van der Waals surface area contributed by atoms with E-state index >= 15 is 0 Å². The fourth-order valence-electron chi connectivity index (χ4n) is 3.78. The minimum Gasteiger partial charge on any atom is -0.490 e. The third kappa shape index (κ3) is 6.37. The Balaban J connectivity index is 1.79. The molecular formula is C24H30N6O4S. The van der Waals surface area contributed by atoms with E-state index in [1.165, 1.54) is 31.0 Å². The van der Waals surface area contributed by atoms with Crippen LogP contribution in [0.25, 0.3) is 0 Å². The molecule has 35 heavy (non-hydrogen) atoms. The molecule has 0 fully saturated rings. The lowest BCUT2D eigenvalue weighted by Gasteiger charge is -2.23. The molecule has 2 aromatic carbocycles. The summed E-state index contributed by atoms with van der Waals surface area (Å²) in [5.74, 6) is 0.777. The summed E-state index contributed by atoms with van der Waals surface area (Å²) >= 11 is 1.30. The topological polar surface area (TPSA) is 115 Å². The number of aryl methyl sites for hydroxylation is 1. The molecule has 0 bridgehead atoms. The monoisotopic (exact) mass is 498 g/mol. The zero-order valence-corrected chi connectivity index (χ0v) is 21.3. The van der Waals surface area contributed by atoms with E-state index in [4.69, 9.17) is 4.74 Å². The summed E-state index contributed by atoms with van der Waals surface area (Å²) in [6.07, 6.45) is 0.867. The zero-order chi connectivity index (χ0) is 25.5. The standard InChI is InChI=1S/C24H30N6O4S/c1-6-19(28(3)4)23-26-27-24(29(23)14-17-10-8-7-9-11-17)35-15-22(31)25-18-13-21(34-5)20(30(32)33)12-16(18)2/h7-13,19H,6,14-15H2,1-5H3,(H,25,31)/t19-/m0/s1. The van der Waals surface area contributed by atoms with E-state index in [0.29, 0.717) is 23.0 Å². The lowest BCUT2D eigenvalue weighted by molar-refractivity contribution is -0.385.